The Morgan fingerprint density at radius 1 is 0.926 bits per heavy atom. The molecule has 1 aliphatic rings. The highest BCUT2D eigenvalue weighted by Crippen LogP contribution is 2.22. The lowest BCUT2D eigenvalue weighted by Crippen LogP contribution is -2.38. The molecule has 1 aliphatic heterocycles. The van der Waals surface area contributed by atoms with Crippen molar-refractivity contribution in [3.63, 3.8) is 0 Å². The maximum atomic E-state index is 12.3. The van der Waals surface area contributed by atoms with Gasteiger partial charge in [0, 0.05) is 13.1 Å². The predicted octanol–water partition coefficient (Wildman–Crippen LogP) is 2.08. The van der Waals surface area contributed by atoms with E-state index in [0.717, 1.165) is 16.9 Å². The van der Waals surface area contributed by atoms with Crippen LogP contribution in [0.25, 0.3) is 0 Å². The number of sulfonamides is 1. The molecule has 1 atom stereocenters. The van der Waals surface area contributed by atoms with Crippen LogP contribution in [-0.4, -0.2) is 44.0 Å². The first-order valence-electron chi connectivity index (χ1n) is 8.84. The van der Waals surface area contributed by atoms with Gasteiger partial charge in [-0.05, 0) is 30.0 Å². The third-order valence-electron chi connectivity index (χ3n) is 4.54. The van der Waals surface area contributed by atoms with Gasteiger partial charge < -0.3 is 0 Å². The molecule has 2 aromatic rings. The average molecular weight is 386 g/mol. The molecule has 27 heavy (non-hydrogen) atoms. The van der Waals surface area contributed by atoms with Gasteiger partial charge in [-0.3, -0.25) is 14.5 Å². The Bertz CT molecular complexity index is 906. The number of rotatable bonds is 8. The summed E-state index contributed by atoms with van der Waals surface area (Å²) < 4.78 is 27.1. The highest BCUT2D eigenvalue weighted by atomic mass is 32.2. The van der Waals surface area contributed by atoms with Crippen LogP contribution in [-0.2, 0) is 16.4 Å². The summed E-state index contributed by atoms with van der Waals surface area (Å²) in [6.45, 7) is 2.12. The van der Waals surface area contributed by atoms with Crippen LogP contribution in [0.15, 0.2) is 54.6 Å². The highest BCUT2D eigenvalue weighted by molar-refractivity contribution is 7.89. The summed E-state index contributed by atoms with van der Waals surface area (Å²) in [5.41, 5.74) is 1.80. The molecule has 0 saturated heterocycles. The van der Waals surface area contributed by atoms with Crippen LogP contribution in [0, 0.1) is 5.92 Å². The van der Waals surface area contributed by atoms with Crippen LogP contribution in [0.1, 0.15) is 33.2 Å². The molecule has 0 bridgehead atoms. The molecule has 7 heteroatoms. The lowest BCUT2D eigenvalue weighted by atomic mass is 10.0. The topological polar surface area (TPSA) is 83.6 Å². The minimum absolute atomic E-state index is 0.126. The molecule has 1 heterocycles. The maximum absolute atomic E-state index is 12.3. The Kier molecular flexibility index (Phi) is 5.72. The molecule has 0 aliphatic carbocycles. The molecule has 142 valence electrons. The van der Waals surface area contributed by atoms with Crippen molar-refractivity contribution in [2.24, 2.45) is 5.92 Å². The van der Waals surface area contributed by atoms with Crippen LogP contribution in [0.3, 0.4) is 0 Å². The minimum Gasteiger partial charge on any atom is -0.273 e. The van der Waals surface area contributed by atoms with Crippen LogP contribution in [0.2, 0.25) is 0 Å². The molecule has 0 spiro atoms. The Morgan fingerprint density at radius 3 is 2.07 bits per heavy atom. The van der Waals surface area contributed by atoms with E-state index in [1.54, 1.807) is 24.3 Å². The van der Waals surface area contributed by atoms with Crippen LogP contribution in [0.4, 0.5) is 0 Å². The van der Waals surface area contributed by atoms with Gasteiger partial charge in [-0.25, -0.2) is 13.1 Å². The molecule has 1 unspecified atom stereocenters. The molecule has 2 aromatic carbocycles. The molecule has 1 N–H and O–H groups in total. The van der Waals surface area contributed by atoms with E-state index < -0.39 is 21.8 Å². The molecular weight excluding hydrogens is 364 g/mol. The minimum atomic E-state index is -3.59. The first kappa shape index (κ1) is 19.3. The molecule has 0 fully saturated rings. The number of amides is 2. The fraction of sp³-hybridized carbons (Fsp3) is 0.300. The summed E-state index contributed by atoms with van der Waals surface area (Å²) >= 11 is 0. The third kappa shape index (κ3) is 4.61. The van der Waals surface area contributed by atoms with Gasteiger partial charge in [-0.1, -0.05) is 49.4 Å². The van der Waals surface area contributed by atoms with Crippen LogP contribution in [0.5, 0.6) is 0 Å². The molecule has 0 radical (unpaired) electrons. The molecule has 0 saturated carbocycles. The molecule has 3 rings (SSSR count). The van der Waals surface area contributed by atoms with E-state index in [1.807, 2.05) is 37.3 Å². The number of fused-ring (bicyclic) bond motifs is 1. The second kappa shape index (κ2) is 8.02. The van der Waals surface area contributed by atoms with Crippen molar-refractivity contribution in [1.29, 1.82) is 0 Å². The van der Waals surface area contributed by atoms with Crippen molar-refractivity contribution in [3.8, 4) is 0 Å². The highest BCUT2D eigenvalue weighted by Gasteiger charge is 2.35. The van der Waals surface area contributed by atoms with Crippen molar-refractivity contribution in [1.82, 2.24) is 9.62 Å². The lowest BCUT2D eigenvalue weighted by molar-refractivity contribution is 0.0664. The number of carbonyl (C=O) groups is 2. The predicted molar refractivity (Wildman–Crippen MR) is 103 cm³/mol. The van der Waals surface area contributed by atoms with Crippen molar-refractivity contribution < 1.29 is 18.0 Å². The smallest absolute Gasteiger partial charge is 0.261 e. The fourth-order valence-electron chi connectivity index (χ4n) is 3.08. The van der Waals surface area contributed by atoms with E-state index in [1.165, 1.54) is 0 Å². The van der Waals surface area contributed by atoms with E-state index in [-0.39, 0.29) is 18.2 Å². The third-order valence-corrected chi connectivity index (χ3v) is 5.87. The number of nitrogens with zero attached hydrogens (tertiary/aromatic N) is 1. The first-order valence-corrected chi connectivity index (χ1v) is 10.5. The van der Waals surface area contributed by atoms with Gasteiger partial charge in [-0.15, -0.1) is 0 Å². The number of hydrogen-bond donors (Lipinski definition) is 1. The van der Waals surface area contributed by atoms with E-state index in [0.29, 0.717) is 17.7 Å². The van der Waals surface area contributed by atoms with Gasteiger partial charge in [0.2, 0.25) is 10.0 Å². The summed E-state index contributed by atoms with van der Waals surface area (Å²) in [6, 6.07) is 16.4. The van der Waals surface area contributed by atoms with E-state index >= 15 is 0 Å². The number of hydrogen-bond acceptors (Lipinski definition) is 4. The van der Waals surface area contributed by atoms with E-state index in [2.05, 4.69) is 4.72 Å². The van der Waals surface area contributed by atoms with E-state index in [9.17, 15) is 18.0 Å². The molecular formula is C20H22N2O4S. The molecule has 0 aromatic heterocycles. The van der Waals surface area contributed by atoms with Crippen molar-refractivity contribution in [2.75, 3.05) is 18.8 Å². The zero-order valence-electron chi connectivity index (χ0n) is 15.1. The number of imide groups is 1. The second-order valence-corrected chi connectivity index (χ2v) is 8.70. The largest absolute Gasteiger partial charge is 0.273 e. The van der Waals surface area contributed by atoms with Crippen LogP contribution >= 0.6 is 0 Å². The Hall–Kier alpha value is -2.51. The van der Waals surface area contributed by atoms with Crippen molar-refractivity contribution in [2.45, 2.75) is 13.3 Å². The Morgan fingerprint density at radius 2 is 1.48 bits per heavy atom. The summed E-state index contributed by atoms with van der Waals surface area (Å²) in [5, 5.41) is 0. The van der Waals surface area contributed by atoms with Gasteiger partial charge in [0.25, 0.3) is 11.8 Å². The van der Waals surface area contributed by atoms with Gasteiger partial charge in [0.1, 0.15) is 0 Å². The van der Waals surface area contributed by atoms with Gasteiger partial charge in [0.05, 0.1) is 16.9 Å². The number of nitrogens with one attached hydrogen (secondary N) is 1. The SMILES string of the molecule is CC(CNS(=O)(=O)CCN1C(=O)c2ccccc2C1=O)Cc1ccccc1. The van der Waals surface area contributed by atoms with Gasteiger partial charge >= 0.3 is 0 Å². The number of benzene rings is 2. The quantitative estimate of drug-likeness (QED) is 0.704. The zero-order chi connectivity index (χ0) is 19.4. The maximum Gasteiger partial charge on any atom is 0.261 e. The van der Waals surface area contributed by atoms with Gasteiger partial charge in [0.15, 0.2) is 0 Å². The first-order chi connectivity index (χ1) is 12.9. The zero-order valence-corrected chi connectivity index (χ0v) is 15.9. The fourth-order valence-corrected chi connectivity index (χ4v) is 4.19. The summed E-state index contributed by atoms with van der Waals surface area (Å²) in [6.07, 6.45) is 0.766. The summed E-state index contributed by atoms with van der Waals surface area (Å²) in [4.78, 5) is 25.6. The van der Waals surface area contributed by atoms with Gasteiger partial charge in [-0.2, -0.15) is 0 Å². The van der Waals surface area contributed by atoms with Crippen LogP contribution < -0.4 is 4.72 Å². The summed E-state index contributed by atoms with van der Waals surface area (Å²) in [7, 11) is -3.59. The Balaban J connectivity index is 1.52. The standard InChI is InChI=1S/C20H22N2O4S/c1-15(13-16-7-3-2-4-8-16)14-21-27(25,26)12-11-22-19(23)17-9-5-6-10-18(17)20(22)24/h2-10,15,21H,11-14H2,1H3. The Labute approximate surface area is 159 Å². The number of carbonyl (C=O) groups excluding carboxylic acids is 2. The molecule has 2 amide bonds. The normalized spacial score (nSPS) is 15.1. The van der Waals surface area contributed by atoms with Crippen molar-refractivity contribution in [3.05, 3.63) is 71.3 Å². The summed E-state index contributed by atoms with van der Waals surface area (Å²) in [5.74, 6) is -1.07. The van der Waals surface area contributed by atoms with Crippen molar-refractivity contribution >= 4 is 21.8 Å². The molecule has 6 nitrogen and oxygen atoms in total. The van der Waals surface area contributed by atoms with E-state index in [4.69, 9.17) is 0 Å². The monoisotopic (exact) mass is 386 g/mol. The average Bonchev–Trinajstić information content (AvgIpc) is 2.90. The lowest BCUT2D eigenvalue weighted by Gasteiger charge is -2.16. The second-order valence-electron chi connectivity index (χ2n) is 6.77.